The van der Waals surface area contributed by atoms with Crippen LogP contribution in [0.5, 0.6) is 0 Å². The van der Waals surface area contributed by atoms with Crippen LogP contribution in [0, 0.1) is 5.92 Å². The number of fused-ring (bicyclic) bond motifs is 1. The van der Waals surface area contributed by atoms with Crippen molar-refractivity contribution in [3.05, 3.63) is 12.7 Å². The molecule has 5 nitrogen and oxygen atoms in total. The Balaban J connectivity index is 2.18. The molecule has 0 aromatic heterocycles. The predicted octanol–water partition coefficient (Wildman–Crippen LogP) is 2.51. The third-order valence-electron chi connectivity index (χ3n) is 3.12. The summed E-state index contributed by atoms with van der Waals surface area (Å²) in [6.07, 6.45) is 2.01. The van der Waals surface area contributed by atoms with Crippen molar-refractivity contribution in [2.45, 2.75) is 37.9 Å². The van der Waals surface area contributed by atoms with E-state index in [0.29, 0.717) is 13.0 Å². The van der Waals surface area contributed by atoms with Crippen LogP contribution in [0.2, 0.25) is 0 Å². The van der Waals surface area contributed by atoms with E-state index >= 15 is 0 Å². The molecule has 1 unspecified atom stereocenters. The van der Waals surface area contributed by atoms with E-state index in [4.69, 9.17) is 13.8 Å². The quantitative estimate of drug-likeness (QED) is 0.448. The second-order valence-electron chi connectivity index (χ2n) is 5.70. The van der Waals surface area contributed by atoms with Crippen LogP contribution in [0.15, 0.2) is 12.7 Å². The first-order chi connectivity index (χ1) is 8.25. The predicted molar refractivity (Wildman–Crippen MR) is 66.4 cm³/mol. The van der Waals surface area contributed by atoms with Crippen LogP contribution >= 0.6 is 7.60 Å². The molecule has 0 N–H and O–H groups in total. The van der Waals surface area contributed by atoms with Crippen LogP contribution in [-0.2, 0) is 23.1 Å². The first-order valence-corrected chi connectivity index (χ1v) is 7.53. The lowest BCUT2D eigenvalue weighted by Crippen LogP contribution is -2.33. The fourth-order valence-electron chi connectivity index (χ4n) is 2.18. The number of carbonyl (C=O) groups is 1. The van der Waals surface area contributed by atoms with Gasteiger partial charge in [-0.25, -0.2) is 0 Å². The van der Waals surface area contributed by atoms with Gasteiger partial charge in [0.15, 0.2) is 5.16 Å². The zero-order valence-electron chi connectivity index (χ0n) is 11.0. The molecular weight excluding hydrogens is 255 g/mol. The molecule has 102 valence electrons. The summed E-state index contributed by atoms with van der Waals surface area (Å²) in [6.45, 7) is 9.25. The van der Waals surface area contributed by atoms with Crippen LogP contribution in [0.3, 0.4) is 0 Å². The molecule has 3 atom stereocenters. The summed E-state index contributed by atoms with van der Waals surface area (Å²) >= 11 is 0. The molecule has 18 heavy (non-hydrogen) atoms. The zero-order valence-corrected chi connectivity index (χ0v) is 11.9. The van der Waals surface area contributed by atoms with E-state index in [2.05, 4.69) is 6.58 Å². The molecule has 1 saturated carbocycles. The normalized spacial score (nSPS) is 38.1. The van der Waals surface area contributed by atoms with Gasteiger partial charge in [0.05, 0.1) is 13.2 Å². The molecule has 0 radical (unpaired) electrons. The number of ether oxygens (including phenoxy) is 1. The second kappa shape index (κ2) is 4.19. The maximum Gasteiger partial charge on any atom is 0.348 e. The summed E-state index contributed by atoms with van der Waals surface area (Å²) < 4.78 is 28.4. The van der Waals surface area contributed by atoms with E-state index in [0.717, 1.165) is 0 Å². The van der Waals surface area contributed by atoms with Gasteiger partial charge < -0.3 is 13.8 Å². The summed E-state index contributed by atoms with van der Waals surface area (Å²) in [5.41, 5.74) is -0.606. The number of esters is 1. The Morgan fingerprint density at radius 1 is 1.61 bits per heavy atom. The van der Waals surface area contributed by atoms with E-state index in [9.17, 15) is 9.36 Å². The molecule has 1 aliphatic carbocycles. The summed E-state index contributed by atoms with van der Waals surface area (Å²) in [6, 6.07) is 0. The van der Waals surface area contributed by atoms with Crippen LogP contribution in [0.25, 0.3) is 0 Å². The Morgan fingerprint density at radius 3 is 2.78 bits per heavy atom. The van der Waals surface area contributed by atoms with Gasteiger partial charge >= 0.3 is 13.6 Å². The summed E-state index contributed by atoms with van der Waals surface area (Å²) in [5, 5.41) is -1.07. The summed E-state index contributed by atoms with van der Waals surface area (Å²) in [4.78, 5) is 12.2. The molecule has 0 aromatic carbocycles. The highest BCUT2D eigenvalue weighted by molar-refractivity contribution is 7.57. The van der Waals surface area contributed by atoms with Crippen molar-refractivity contribution < 1.29 is 23.1 Å². The standard InChI is InChI=1S/C12H19O5P/c1-5-6-15-18(14)12(7-9(12)8-16-18)10(13)17-11(2,3)4/h5,9H,1,6-8H2,2-4H3/t9-,12-,18?/m1/s1. The monoisotopic (exact) mass is 274 g/mol. The van der Waals surface area contributed by atoms with Crippen LogP contribution in [0.4, 0.5) is 0 Å². The SMILES string of the molecule is C=CCOP1(=O)OC[C@H]2C[C@]21C(=O)OC(C)(C)C. The molecule has 1 saturated heterocycles. The minimum absolute atomic E-state index is 0.0389. The van der Waals surface area contributed by atoms with Gasteiger partial charge in [0, 0.05) is 5.92 Å². The smallest absolute Gasteiger partial charge is 0.348 e. The number of rotatable bonds is 4. The van der Waals surface area contributed by atoms with Gasteiger partial charge in [-0.15, -0.1) is 6.58 Å². The lowest BCUT2D eigenvalue weighted by molar-refractivity contribution is -0.155. The lowest BCUT2D eigenvalue weighted by atomic mass is 10.2. The van der Waals surface area contributed by atoms with Gasteiger partial charge in [0.25, 0.3) is 0 Å². The van der Waals surface area contributed by atoms with Crippen molar-refractivity contribution in [1.82, 2.24) is 0 Å². The van der Waals surface area contributed by atoms with E-state index in [1.54, 1.807) is 20.8 Å². The average molecular weight is 274 g/mol. The molecule has 2 aliphatic rings. The second-order valence-corrected chi connectivity index (χ2v) is 8.01. The number of hydrogen-bond acceptors (Lipinski definition) is 5. The molecule has 1 aliphatic heterocycles. The van der Waals surface area contributed by atoms with Gasteiger partial charge in [0.2, 0.25) is 0 Å². The Kier molecular flexibility index (Phi) is 3.21. The first-order valence-electron chi connectivity index (χ1n) is 5.99. The van der Waals surface area contributed by atoms with Crippen LogP contribution in [-0.4, -0.2) is 29.9 Å². The molecule has 2 rings (SSSR count). The number of carbonyl (C=O) groups excluding carboxylic acids is 1. The topological polar surface area (TPSA) is 61.8 Å². The zero-order chi connectivity index (χ0) is 13.6. The minimum atomic E-state index is -3.42. The highest BCUT2D eigenvalue weighted by Crippen LogP contribution is 2.79. The van der Waals surface area contributed by atoms with Crippen molar-refractivity contribution in [1.29, 1.82) is 0 Å². The van der Waals surface area contributed by atoms with Gasteiger partial charge in [-0.05, 0) is 27.2 Å². The van der Waals surface area contributed by atoms with E-state index in [1.807, 2.05) is 0 Å². The first kappa shape index (κ1) is 13.8. The van der Waals surface area contributed by atoms with Gasteiger partial charge in [-0.2, -0.15) is 0 Å². The molecule has 0 spiro atoms. The highest BCUT2D eigenvalue weighted by atomic mass is 31.2. The molecule has 0 bridgehead atoms. The average Bonchev–Trinajstić information content (AvgIpc) is 2.92. The Hall–Kier alpha value is -0.640. The van der Waals surface area contributed by atoms with Crippen molar-refractivity contribution >= 4 is 13.6 Å². The van der Waals surface area contributed by atoms with Gasteiger partial charge in [-0.3, -0.25) is 9.36 Å². The minimum Gasteiger partial charge on any atom is -0.459 e. The van der Waals surface area contributed by atoms with E-state index in [-0.39, 0.29) is 12.5 Å². The van der Waals surface area contributed by atoms with E-state index in [1.165, 1.54) is 6.08 Å². The van der Waals surface area contributed by atoms with Crippen molar-refractivity contribution in [2.75, 3.05) is 13.2 Å². The summed E-state index contributed by atoms with van der Waals surface area (Å²) in [5.74, 6) is -0.507. The molecule has 6 heteroatoms. The Morgan fingerprint density at radius 2 is 2.28 bits per heavy atom. The third kappa shape index (κ3) is 2.04. The van der Waals surface area contributed by atoms with Crippen molar-refractivity contribution in [2.24, 2.45) is 5.92 Å². The summed E-state index contributed by atoms with van der Waals surface area (Å²) in [7, 11) is -3.42. The molecule has 1 heterocycles. The molecule has 2 fully saturated rings. The Bertz CT molecular complexity index is 425. The fraction of sp³-hybridized carbons (Fsp3) is 0.750. The van der Waals surface area contributed by atoms with Gasteiger partial charge in [-0.1, -0.05) is 6.08 Å². The van der Waals surface area contributed by atoms with E-state index < -0.39 is 24.3 Å². The maximum atomic E-state index is 12.6. The van der Waals surface area contributed by atoms with Crippen molar-refractivity contribution in [3.8, 4) is 0 Å². The lowest BCUT2D eigenvalue weighted by Gasteiger charge is -2.25. The van der Waals surface area contributed by atoms with Crippen LogP contribution < -0.4 is 0 Å². The third-order valence-corrected chi connectivity index (χ3v) is 5.81. The maximum absolute atomic E-state index is 12.6. The molecule has 0 amide bonds. The van der Waals surface area contributed by atoms with Crippen molar-refractivity contribution in [3.63, 3.8) is 0 Å². The molecular formula is C12H19O5P. The molecule has 0 aromatic rings. The van der Waals surface area contributed by atoms with Crippen LogP contribution in [0.1, 0.15) is 27.2 Å². The largest absolute Gasteiger partial charge is 0.459 e. The Labute approximate surface area is 107 Å². The van der Waals surface area contributed by atoms with Gasteiger partial charge in [0.1, 0.15) is 5.60 Å². The number of hydrogen-bond donors (Lipinski definition) is 0. The fourth-order valence-corrected chi connectivity index (χ4v) is 4.63. The highest BCUT2D eigenvalue weighted by Gasteiger charge is 2.78.